The number of methoxy groups -OCH3 is 1. The zero-order valence-electron chi connectivity index (χ0n) is 25.2. The fourth-order valence-electron chi connectivity index (χ4n) is 5.90. The summed E-state index contributed by atoms with van der Waals surface area (Å²) < 4.78 is 5.38. The lowest BCUT2D eigenvalue weighted by Gasteiger charge is -2.46. The Kier molecular flexibility index (Phi) is 9.54. The molecule has 1 saturated carbocycles. The van der Waals surface area contributed by atoms with Crippen LogP contribution >= 0.6 is 11.6 Å². The molecular formula is C34H37ClN4O5. The molecule has 230 valence electrons. The molecule has 2 N–H and O–H groups in total. The molecule has 0 bridgehead atoms. The van der Waals surface area contributed by atoms with Gasteiger partial charge in [0.1, 0.15) is 12.3 Å². The van der Waals surface area contributed by atoms with Gasteiger partial charge in [-0.25, -0.2) is 4.79 Å². The van der Waals surface area contributed by atoms with Crippen LogP contribution in [0.15, 0.2) is 60.7 Å². The molecule has 44 heavy (non-hydrogen) atoms. The summed E-state index contributed by atoms with van der Waals surface area (Å²) in [4.78, 5) is 56.0. The average Bonchev–Trinajstić information content (AvgIpc) is 3.03. The van der Waals surface area contributed by atoms with Crippen LogP contribution in [0.2, 0.25) is 5.02 Å². The van der Waals surface area contributed by atoms with E-state index in [-0.39, 0.29) is 36.9 Å². The number of benzene rings is 3. The molecule has 3 aromatic carbocycles. The summed E-state index contributed by atoms with van der Waals surface area (Å²) in [6.07, 6.45) is 3.11. The number of hydrogen-bond acceptors (Lipinski definition) is 5. The van der Waals surface area contributed by atoms with Crippen LogP contribution in [0.1, 0.15) is 58.3 Å². The largest absolute Gasteiger partial charge is 0.495 e. The van der Waals surface area contributed by atoms with Crippen LogP contribution in [0, 0.1) is 19.8 Å². The quantitative estimate of drug-likeness (QED) is 0.313. The third kappa shape index (κ3) is 6.89. The molecule has 5 rings (SSSR count). The van der Waals surface area contributed by atoms with E-state index in [1.807, 2.05) is 38.1 Å². The minimum atomic E-state index is -0.493. The molecule has 5 amide bonds. The third-order valence-corrected chi connectivity index (χ3v) is 8.80. The van der Waals surface area contributed by atoms with Gasteiger partial charge in [0.2, 0.25) is 11.8 Å². The predicted octanol–water partition coefficient (Wildman–Crippen LogP) is 5.86. The van der Waals surface area contributed by atoms with Crippen molar-refractivity contribution in [3.05, 3.63) is 93.5 Å². The highest BCUT2D eigenvalue weighted by Gasteiger charge is 2.47. The van der Waals surface area contributed by atoms with Crippen molar-refractivity contribution < 1.29 is 23.9 Å². The second kappa shape index (κ2) is 13.5. The lowest BCUT2D eigenvalue weighted by atomic mass is 9.81. The molecule has 0 radical (unpaired) electrons. The van der Waals surface area contributed by atoms with E-state index in [2.05, 4.69) is 10.6 Å². The summed E-state index contributed by atoms with van der Waals surface area (Å²) in [5.41, 5.74) is 4.58. The van der Waals surface area contributed by atoms with Crippen molar-refractivity contribution in [2.45, 2.75) is 58.7 Å². The number of anilines is 1. The van der Waals surface area contributed by atoms with Gasteiger partial charge in [-0.1, -0.05) is 66.4 Å². The van der Waals surface area contributed by atoms with E-state index in [0.29, 0.717) is 47.0 Å². The first kappa shape index (κ1) is 31.1. The molecule has 1 saturated heterocycles. The Bertz CT molecular complexity index is 1560. The number of hydrogen-bond donors (Lipinski definition) is 2. The maximum Gasteiger partial charge on any atom is 0.327 e. The highest BCUT2D eigenvalue weighted by Crippen LogP contribution is 2.36. The number of rotatable bonds is 9. The van der Waals surface area contributed by atoms with Gasteiger partial charge in [-0.15, -0.1) is 0 Å². The van der Waals surface area contributed by atoms with Crippen LogP contribution in [0.5, 0.6) is 5.75 Å². The predicted molar refractivity (Wildman–Crippen MR) is 169 cm³/mol. The standard InChI is InChI=1S/C34H37ClN4O5/c1-21-8-10-23(11-9-21)18-36-32(41)25-14-12-24(13-15-25)19-39-33(42)26-6-4-5-7-29(26)38(34(39)43)20-31(40)37-28-16-22(2)27(35)17-30(28)44-3/h8-17,26,29H,4-7,18-20H2,1-3H3,(H,36,41)(H,37,40). The maximum atomic E-state index is 13.8. The first-order chi connectivity index (χ1) is 21.1. The van der Waals surface area contributed by atoms with E-state index in [0.717, 1.165) is 29.5 Å². The van der Waals surface area contributed by atoms with Crippen molar-refractivity contribution in [2.75, 3.05) is 19.0 Å². The molecule has 2 aliphatic rings. The van der Waals surface area contributed by atoms with Crippen LogP contribution in [0.4, 0.5) is 10.5 Å². The first-order valence-electron chi connectivity index (χ1n) is 14.8. The molecule has 0 aromatic heterocycles. The van der Waals surface area contributed by atoms with Crippen molar-refractivity contribution in [3.63, 3.8) is 0 Å². The maximum absolute atomic E-state index is 13.8. The number of fused-ring (bicyclic) bond motifs is 1. The van der Waals surface area contributed by atoms with E-state index in [1.165, 1.54) is 16.9 Å². The number of carbonyl (C=O) groups excluding carboxylic acids is 4. The Labute approximate surface area is 262 Å². The van der Waals surface area contributed by atoms with Gasteiger partial charge in [0, 0.05) is 29.2 Å². The van der Waals surface area contributed by atoms with Crippen molar-refractivity contribution in [1.82, 2.24) is 15.1 Å². The fraction of sp³-hybridized carbons (Fsp3) is 0.353. The molecule has 9 nitrogen and oxygen atoms in total. The summed E-state index contributed by atoms with van der Waals surface area (Å²) in [6, 6.07) is 17.4. The van der Waals surface area contributed by atoms with Crippen molar-refractivity contribution in [1.29, 1.82) is 0 Å². The van der Waals surface area contributed by atoms with Gasteiger partial charge in [0.05, 0.1) is 25.3 Å². The number of nitrogens with zero attached hydrogens (tertiary/aromatic N) is 2. The molecule has 10 heteroatoms. The van der Waals surface area contributed by atoms with Gasteiger partial charge in [-0.3, -0.25) is 19.3 Å². The Morgan fingerprint density at radius 2 is 1.64 bits per heavy atom. The summed E-state index contributed by atoms with van der Waals surface area (Å²) in [5, 5.41) is 6.28. The number of carbonyl (C=O) groups is 4. The number of amides is 5. The summed E-state index contributed by atoms with van der Waals surface area (Å²) in [5.74, 6) is -0.770. The van der Waals surface area contributed by atoms with Crippen molar-refractivity contribution >= 4 is 41.0 Å². The van der Waals surface area contributed by atoms with Gasteiger partial charge >= 0.3 is 6.03 Å². The van der Waals surface area contributed by atoms with Crippen molar-refractivity contribution in [3.8, 4) is 5.75 Å². The van der Waals surface area contributed by atoms with Crippen LogP contribution in [-0.2, 0) is 22.7 Å². The van der Waals surface area contributed by atoms with E-state index >= 15 is 0 Å². The molecule has 0 spiro atoms. The Morgan fingerprint density at radius 1 is 0.955 bits per heavy atom. The number of urea groups is 1. The Balaban J connectivity index is 1.27. The zero-order chi connectivity index (χ0) is 31.4. The second-order valence-electron chi connectivity index (χ2n) is 11.5. The molecule has 2 atom stereocenters. The van der Waals surface area contributed by atoms with Crippen LogP contribution in [0.25, 0.3) is 0 Å². The molecule has 1 aliphatic carbocycles. The van der Waals surface area contributed by atoms with Crippen LogP contribution in [-0.4, -0.2) is 53.2 Å². The number of aryl methyl sites for hydroxylation is 2. The smallest absolute Gasteiger partial charge is 0.327 e. The molecule has 1 aliphatic heterocycles. The van der Waals surface area contributed by atoms with E-state index < -0.39 is 11.9 Å². The topological polar surface area (TPSA) is 108 Å². The monoisotopic (exact) mass is 616 g/mol. The van der Waals surface area contributed by atoms with Crippen LogP contribution in [0.3, 0.4) is 0 Å². The molecular weight excluding hydrogens is 580 g/mol. The van der Waals surface area contributed by atoms with E-state index in [9.17, 15) is 19.2 Å². The van der Waals surface area contributed by atoms with Crippen molar-refractivity contribution in [2.24, 2.45) is 5.92 Å². The first-order valence-corrected chi connectivity index (χ1v) is 15.2. The molecule has 3 aromatic rings. The molecule has 2 fully saturated rings. The number of ether oxygens (including phenoxy) is 1. The average molecular weight is 617 g/mol. The third-order valence-electron chi connectivity index (χ3n) is 8.39. The fourth-order valence-corrected chi connectivity index (χ4v) is 6.06. The summed E-state index contributed by atoms with van der Waals surface area (Å²) in [7, 11) is 1.49. The van der Waals surface area contributed by atoms with Gasteiger partial charge in [0.15, 0.2) is 0 Å². The summed E-state index contributed by atoms with van der Waals surface area (Å²) in [6.45, 7) is 4.10. The zero-order valence-corrected chi connectivity index (χ0v) is 25.9. The van der Waals surface area contributed by atoms with Gasteiger partial charge in [-0.2, -0.15) is 0 Å². The minimum absolute atomic E-state index is 0.0501. The Hall–Kier alpha value is -4.37. The highest BCUT2D eigenvalue weighted by atomic mass is 35.5. The minimum Gasteiger partial charge on any atom is -0.495 e. The van der Waals surface area contributed by atoms with Crippen LogP contribution < -0.4 is 15.4 Å². The van der Waals surface area contributed by atoms with Gasteiger partial charge in [-0.05, 0) is 61.6 Å². The number of nitrogens with one attached hydrogen (secondary N) is 2. The second-order valence-corrected chi connectivity index (χ2v) is 11.9. The van der Waals surface area contributed by atoms with Gasteiger partial charge < -0.3 is 20.3 Å². The molecule has 2 unspecified atom stereocenters. The summed E-state index contributed by atoms with van der Waals surface area (Å²) >= 11 is 6.21. The molecule has 1 heterocycles. The number of halogens is 1. The lowest BCUT2D eigenvalue weighted by molar-refractivity contribution is -0.142. The lowest BCUT2D eigenvalue weighted by Crippen LogP contribution is -2.63. The SMILES string of the molecule is COc1cc(Cl)c(C)cc1NC(=O)CN1C(=O)N(Cc2ccc(C(=O)NCc3ccc(C)cc3)cc2)C(=O)C2CCCCC21. The van der Waals surface area contributed by atoms with E-state index in [1.54, 1.807) is 36.4 Å². The highest BCUT2D eigenvalue weighted by molar-refractivity contribution is 6.31. The van der Waals surface area contributed by atoms with Gasteiger partial charge in [0.25, 0.3) is 5.91 Å². The Morgan fingerprint density at radius 3 is 2.34 bits per heavy atom. The number of imide groups is 1. The normalized spacial score (nSPS) is 18.1. The van der Waals surface area contributed by atoms with E-state index in [4.69, 9.17) is 16.3 Å².